The van der Waals surface area contributed by atoms with E-state index in [2.05, 4.69) is 9.89 Å². The van der Waals surface area contributed by atoms with Gasteiger partial charge in [-0.2, -0.15) is 0 Å². The Kier molecular flexibility index (Phi) is 3.02. The second-order valence-corrected chi connectivity index (χ2v) is 2.63. The molecule has 0 aliphatic rings. The van der Waals surface area contributed by atoms with Crippen molar-refractivity contribution in [2.24, 2.45) is 0 Å². The molecular formula is C8H11NO4. The first-order valence-corrected chi connectivity index (χ1v) is 3.81. The minimum Gasteiger partial charge on any atom is -0.469 e. The highest BCUT2D eigenvalue weighted by atomic mass is 16.5. The number of aliphatic hydroxyl groups excluding tert-OH is 1. The molecule has 0 amide bonds. The van der Waals surface area contributed by atoms with Gasteiger partial charge in [0, 0.05) is 5.56 Å². The van der Waals surface area contributed by atoms with E-state index in [4.69, 9.17) is 4.52 Å². The van der Waals surface area contributed by atoms with Crippen LogP contribution in [-0.4, -0.2) is 23.3 Å². The third kappa shape index (κ3) is 2.29. The summed E-state index contributed by atoms with van der Waals surface area (Å²) >= 11 is 0. The topological polar surface area (TPSA) is 72.6 Å². The zero-order valence-electron chi connectivity index (χ0n) is 7.48. The minimum atomic E-state index is -0.904. The second kappa shape index (κ2) is 4.04. The van der Waals surface area contributed by atoms with Gasteiger partial charge in [0.25, 0.3) is 0 Å². The lowest BCUT2D eigenvalue weighted by atomic mass is 10.1. The number of ether oxygens (including phenoxy) is 1. The van der Waals surface area contributed by atoms with Gasteiger partial charge in [-0.15, -0.1) is 0 Å². The van der Waals surface area contributed by atoms with Gasteiger partial charge in [0.2, 0.25) is 0 Å². The number of esters is 1. The van der Waals surface area contributed by atoms with Crippen LogP contribution in [0.1, 0.15) is 23.8 Å². The molecule has 1 N–H and O–H groups in total. The van der Waals surface area contributed by atoms with E-state index in [0.717, 1.165) is 0 Å². The Bertz CT molecular complexity index is 294. The Balaban J connectivity index is 2.63. The fraction of sp³-hybridized carbons (Fsp3) is 0.500. The van der Waals surface area contributed by atoms with Crippen LogP contribution in [0.15, 0.2) is 10.7 Å². The van der Waals surface area contributed by atoms with Crippen molar-refractivity contribution in [1.29, 1.82) is 0 Å². The first-order valence-electron chi connectivity index (χ1n) is 3.81. The molecular weight excluding hydrogens is 174 g/mol. The molecule has 0 aliphatic heterocycles. The maximum atomic E-state index is 10.8. The third-order valence-corrected chi connectivity index (χ3v) is 1.73. The van der Waals surface area contributed by atoms with E-state index >= 15 is 0 Å². The van der Waals surface area contributed by atoms with Crippen LogP contribution in [0, 0.1) is 6.92 Å². The normalized spacial score (nSPS) is 12.5. The highest BCUT2D eigenvalue weighted by molar-refractivity contribution is 5.70. The Labute approximate surface area is 75.3 Å². The highest BCUT2D eigenvalue weighted by Gasteiger charge is 2.17. The number of rotatable bonds is 3. The Hall–Kier alpha value is -1.36. The zero-order chi connectivity index (χ0) is 9.84. The van der Waals surface area contributed by atoms with E-state index in [0.29, 0.717) is 11.3 Å². The lowest BCUT2D eigenvalue weighted by molar-refractivity contribution is -0.142. The summed E-state index contributed by atoms with van der Waals surface area (Å²) in [6.07, 6.45) is 0.403. The summed E-state index contributed by atoms with van der Waals surface area (Å²) in [4.78, 5) is 10.8. The molecule has 0 spiro atoms. The number of hydrogen-bond donors (Lipinski definition) is 1. The second-order valence-electron chi connectivity index (χ2n) is 2.63. The predicted octanol–water partition coefficient (Wildman–Crippen LogP) is 0.580. The molecule has 0 aliphatic carbocycles. The van der Waals surface area contributed by atoms with Gasteiger partial charge in [-0.3, -0.25) is 4.79 Å². The Morgan fingerprint density at radius 1 is 1.85 bits per heavy atom. The lowest BCUT2D eigenvalue weighted by Crippen LogP contribution is -2.08. The van der Waals surface area contributed by atoms with Crippen molar-refractivity contribution in [3.05, 3.63) is 17.5 Å². The minimum absolute atomic E-state index is 0.0848. The SMILES string of the molecule is COC(=O)CC(O)c1cnoc1C. The van der Waals surface area contributed by atoms with Crippen molar-refractivity contribution in [1.82, 2.24) is 5.16 Å². The van der Waals surface area contributed by atoms with Crippen LogP contribution in [0.3, 0.4) is 0 Å². The summed E-state index contributed by atoms with van der Waals surface area (Å²) in [5.41, 5.74) is 0.519. The molecule has 1 atom stereocenters. The van der Waals surface area contributed by atoms with Gasteiger partial charge in [-0.25, -0.2) is 0 Å². The highest BCUT2D eigenvalue weighted by Crippen LogP contribution is 2.19. The van der Waals surface area contributed by atoms with E-state index in [1.807, 2.05) is 0 Å². The molecule has 1 aromatic heterocycles. The molecule has 0 fully saturated rings. The standard InChI is InChI=1S/C8H11NO4/c1-5-6(4-9-13-5)7(10)3-8(11)12-2/h4,7,10H,3H2,1-2H3. The maximum absolute atomic E-state index is 10.8. The average molecular weight is 185 g/mol. The molecule has 0 bridgehead atoms. The summed E-state index contributed by atoms with van der Waals surface area (Å²) in [7, 11) is 1.27. The van der Waals surface area contributed by atoms with Gasteiger partial charge in [0.15, 0.2) is 0 Å². The third-order valence-electron chi connectivity index (χ3n) is 1.73. The molecule has 0 saturated heterocycles. The lowest BCUT2D eigenvalue weighted by Gasteiger charge is -2.06. The van der Waals surface area contributed by atoms with E-state index in [1.54, 1.807) is 6.92 Å². The van der Waals surface area contributed by atoms with Crippen LogP contribution in [-0.2, 0) is 9.53 Å². The predicted molar refractivity (Wildman–Crippen MR) is 42.8 cm³/mol. The van der Waals surface area contributed by atoms with Gasteiger partial charge < -0.3 is 14.4 Å². The van der Waals surface area contributed by atoms with Crippen LogP contribution in [0.25, 0.3) is 0 Å². The van der Waals surface area contributed by atoms with E-state index in [9.17, 15) is 9.90 Å². The largest absolute Gasteiger partial charge is 0.469 e. The fourth-order valence-electron chi connectivity index (χ4n) is 0.978. The quantitative estimate of drug-likeness (QED) is 0.697. The molecule has 1 rings (SSSR count). The van der Waals surface area contributed by atoms with Crippen LogP contribution < -0.4 is 0 Å². The van der Waals surface area contributed by atoms with Crippen molar-refractivity contribution in [3.63, 3.8) is 0 Å². The number of aliphatic hydroxyl groups is 1. The molecule has 72 valence electrons. The van der Waals surface area contributed by atoms with Gasteiger partial charge in [-0.1, -0.05) is 5.16 Å². The Morgan fingerprint density at radius 2 is 2.54 bits per heavy atom. The number of carbonyl (C=O) groups excluding carboxylic acids is 1. The number of nitrogens with zero attached hydrogens (tertiary/aromatic N) is 1. The average Bonchev–Trinajstić information content (AvgIpc) is 2.51. The van der Waals surface area contributed by atoms with Crippen LogP contribution in [0.5, 0.6) is 0 Å². The fourth-order valence-corrected chi connectivity index (χ4v) is 0.978. The zero-order valence-corrected chi connectivity index (χ0v) is 7.48. The summed E-state index contributed by atoms with van der Waals surface area (Å²) < 4.78 is 9.15. The molecule has 0 saturated carbocycles. The molecule has 0 aromatic carbocycles. The van der Waals surface area contributed by atoms with Gasteiger partial charge in [-0.05, 0) is 6.92 Å². The number of aryl methyl sites for hydroxylation is 1. The van der Waals surface area contributed by atoms with Crippen molar-refractivity contribution < 1.29 is 19.2 Å². The summed E-state index contributed by atoms with van der Waals surface area (Å²) in [6, 6.07) is 0. The van der Waals surface area contributed by atoms with Gasteiger partial charge in [0.05, 0.1) is 25.8 Å². The molecule has 0 radical (unpaired) electrons. The molecule has 1 unspecified atom stereocenters. The monoisotopic (exact) mass is 185 g/mol. The summed E-state index contributed by atoms with van der Waals surface area (Å²) in [5, 5.41) is 13.0. The molecule has 1 aromatic rings. The van der Waals surface area contributed by atoms with Crippen LogP contribution in [0.2, 0.25) is 0 Å². The number of carbonyl (C=O) groups is 1. The number of methoxy groups -OCH3 is 1. The molecule has 13 heavy (non-hydrogen) atoms. The van der Waals surface area contributed by atoms with Crippen molar-refractivity contribution in [2.75, 3.05) is 7.11 Å². The smallest absolute Gasteiger partial charge is 0.308 e. The summed E-state index contributed by atoms with van der Waals surface area (Å²) in [5.74, 6) is 0.0458. The van der Waals surface area contributed by atoms with Gasteiger partial charge in [0.1, 0.15) is 5.76 Å². The number of hydrogen-bond acceptors (Lipinski definition) is 5. The van der Waals surface area contributed by atoms with E-state index in [1.165, 1.54) is 13.3 Å². The Morgan fingerprint density at radius 3 is 3.00 bits per heavy atom. The van der Waals surface area contributed by atoms with Crippen LogP contribution >= 0.6 is 0 Å². The molecule has 5 nitrogen and oxygen atoms in total. The summed E-state index contributed by atoms with van der Waals surface area (Å²) in [6.45, 7) is 1.67. The van der Waals surface area contributed by atoms with Crippen LogP contribution in [0.4, 0.5) is 0 Å². The van der Waals surface area contributed by atoms with Crippen molar-refractivity contribution in [2.45, 2.75) is 19.4 Å². The number of aromatic nitrogens is 1. The van der Waals surface area contributed by atoms with Crippen molar-refractivity contribution in [3.8, 4) is 0 Å². The molecule has 1 heterocycles. The van der Waals surface area contributed by atoms with Gasteiger partial charge >= 0.3 is 5.97 Å². The van der Waals surface area contributed by atoms with E-state index < -0.39 is 12.1 Å². The van der Waals surface area contributed by atoms with E-state index in [-0.39, 0.29) is 6.42 Å². The first kappa shape index (κ1) is 9.73. The maximum Gasteiger partial charge on any atom is 0.308 e. The van der Waals surface area contributed by atoms with Crippen molar-refractivity contribution >= 4 is 5.97 Å². The first-order chi connectivity index (χ1) is 6.15. The molecule has 5 heteroatoms.